The van der Waals surface area contributed by atoms with E-state index in [1.54, 1.807) is 0 Å². The van der Waals surface area contributed by atoms with Crippen LogP contribution in [0.25, 0.3) is 0 Å². The first-order valence-electron chi connectivity index (χ1n) is 5.64. The van der Waals surface area contributed by atoms with Gasteiger partial charge in [0.1, 0.15) is 0 Å². The topological polar surface area (TPSA) is 18.5 Å². The van der Waals surface area contributed by atoms with E-state index < -0.39 is 0 Å². The molecule has 86 valence electrons. The summed E-state index contributed by atoms with van der Waals surface area (Å²) >= 11 is 0. The van der Waals surface area contributed by atoms with Gasteiger partial charge in [0.2, 0.25) is 0 Å². The van der Waals surface area contributed by atoms with E-state index in [1.165, 1.54) is 19.5 Å². The summed E-state index contributed by atoms with van der Waals surface area (Å²) in [7, 11) is 6.29. The zero-order chi connectivity index (χ0) is 11.0. The predicted molar refractivity (Wildman–Crippen MR) is 63.8 cm³/mol. The van der Waals surface area contributed by atoms with Crippen LogP contribution in [0.15, 0.2) is 0 Å². The summed E-state index contributed by atoms with van der Waals surface area (Å²) in [5.41, 5.74) is 0. The molecule has 0 bridgehead atoms. The van der Waals surface area contributed by atoms with Crippen LogP contribution < -0.4 is 5.32 Å². The number of nitrogens with zero attached hydrogens (tertiary/aromatic N) is 2. The van der Waals surface area contributed by atoms with Crippen LogP contribution in [0.1, 0.15) is 20.3 Å². The SMILES string of the molecule is CCN(CCCN(C)C)CC(C)NC. The minimum absolute atomic E-state index is 0.592. The van der Waals surface area contributed by atoms with Crippen LogP contribution in [-0.2, 0) is 0 Å². The van der Waals surface area contributed by atoms with Gasteiger partial charge in [0.15, 0.2) is 0 Å². The maximum atomic E-state index is 3.28. The van der Waals surface area contributed by atoms with Gasteiger partial charge in [-0.05, 0) is 54.1 Å². The van der Waals surface area contributed by atoms with Gasteiger partial charge in [-0.25, -0.2) is 0 Å². The molecule has 0 saturated heterocycles. The Morgan fingerprint density at radius 2 is 1.86 bits per heavy atom. The van der Waals surface area contributed by atoms with E-state index in [1.807, 2.05) is 7.05 Å². The monoisotopic (exact) mass is 201 g/mol. The molecule has 0 spiro atoms. The van der Waals surface area contributed by atoms with Gasteiger partial charge in [-0.3, -0.25) is 0 Å². The molecule has 0 fully saturated rings. The van der Waals surface area contributed by atoms with Gasteiger partial charge in [0.25, 0.3) is 0 Å². The molecule has 14 heavy (non-hydrogen) atoms. The fraction of sp³-hybridized carbons (Fsp3) is 1.00. The zero-order valence-electron chi connectivity index (χ0n) is 10.5. The molecule has 0 saturated carbocycles. The highest BCUT2D eigenvalue weighted by molar-refractivity contribution is 4.65. The maximum Gasteiger partial charge on any atom is 0.0163 e. The lowest BCUT2D eigenvalue weighted by molar-refractivity contribution is 0.247. The van der Waals surface area contributed by atoms with E-state index in [0.717, 1.165) is 13.1 Å². The van der Waals surface area contributed by atoms with Crippen LogP contribution in [-0.4, -0.2) is 63.2 Å². The molecule has 0 amide bonds. The molecule has 3 nitrogen and oxygen atoms in total. The van der Waals surface area contributed by atoms with Crippen molar-refractivity contribution in [1.29, 1.82) is 0 Å². The Morgan fingerprint density at radius 3 is 2.29 bits per heavy atom. The van der Waals surface area contributed by atoms with Gasteiger partial charge in [-0.2, -0.15) is 0 Å². The molecule has 0 heterocycles. The summed E-state index contributed by atoms with van der Waals surface area (Å²) in [5.74, 6) is 0. The van der Waals surface area contributed by atoms with Gasteiger partial charge in [-0.1, -0.05) is 6.92 Å². The van der Waals surface area contributed by atoms with Crippen LogP contribution in [0.3, 0.4) is 0 Å². The third-order valence-corrected chi connectivity index (χ3v) is 2.55. The van der Waals surface area contributed by atoms with Crippen molar-refractivity contribution in [2.45, 2.75) is 26.3 Å². The van der Waals surface area contributed by atoms with E-state index in [2.05, 4.69) is 43.1 Å². The van der Waals surface area contributed by atoms with Gasteiger partial charge in [0, 0.05) is 12.6 Å². The number of nitrogens with one attached hydrogen (secondary N) is 1. The number of hydrogen-bond acceptors (Lipinski definition) is 3. The van der Waals surface area contributed by atoms with Crippen molar-refractivity contribution >= 4 is 0 Å². The van der Waals surface area contributed by atoms with Crippen LogP contribution in [0, 0.1) is 0 Å². The standard InChI is InChI=1S/C11H27N3/c1-6-14(10-11(2)12-3)9-7-8-13(4)5/h11-12H,6-10H2,1-5H3. The molecular weight excluding hydrogens is 174 g/mol. The molecule has 0 radical (unpaired) electrons. The smallest absolute Gasteiger partial charge is 0.0163 e. The van der Waals surface area contributed by atoms with Crippen molar-refractivity contribution in [2.24, 2.45) is 0 Å². The number of likely N-dealkylation sites (N-methyl/N-ethyl adjacent to an activating group) is 2. The van der Waals surface area contributed by atoms with E-state index in [9.17, 15) is 0 Å². The van der Waals surface area contributed by atoms with Crippen LogP contribution in [0.5, 0.6) is 0 Å². The predicted octanol–water partition coefficient (Wildman–Crippen LogP) is 0.868. The highest BCUT2D eigenvalue weighted by Crippen LogP contribution is 1.95. The van der Waals surface area contributed by atoms with E-state index >= 15 is 0 Å². The minimum atomic E-state index is 0.592. The Hall–Kier alpha value is -0.120. The van der Waals surface area contributed by atoms with Gasteiger partial charge in [-0.15, -0.1) is 0 Å². The lowest BCUT2D eigenvalue weighted by Gasteiger charge is -2.24. The fourth-order valence-electron chi connectivity index (χ4n) is 1.47. The van der Waals surface area contributed by atoms with E-state index in [0.29, 0.717) is 6.04 Å². The third kappa shape index (κ3) is 7.30. The summed E-state index contributed by atoms with van der Waals surface area (Å²) in [5, 5.41) is 3.28. The molecule has 0 aromatic rings. The van der Waals surface area contributed by atoms with Crippen molar-refractivity contribution in [3.63, 3.8) is 0 Å². The normalized spacial score (nSPS) is 13.9. The van der Waals surface area contributed by atoms with Crippen molar-refractivity contribution in [1.82, 2.24) is 15.1 Å². The molecule has 0 aromatic heterocycles. The molecule has 0 rings (SSSR count). The maximum absolute atomic E-state index is 3.28. The summed E-state index contributed by atoms with van der Waals surface area (Å²) in [6.07, 6.45) is 1.26. The quantitative estimate of drug-likeness (QED) is 0.628. The molecule has 1 unspecified atom stereocenters. The molecule has 1 atom stereocenters. The molecular formula is C11H27N3. The molecule has 3 heteroatoms. The van der Waals surface area contributed by atoms with E-state index in [-0.39, 0.29) is 0 Å². The number of hydrogen-bond donors (Lipinski definition) is 1. The lowest BCUT2D eigenvalue weighted by atomic mass is 10.3. The Bertz CT molecular complexity index is 126. The minimum Gasteiger partial charge on any atom is -0.316 e. The van der Waals surface area contributed by atoms with Crippen molar-refractivity contribution in [3.8, 4) is 0 Å². The summed E-state index contributed by atoms with van der Waals surface area (Å²) < 4.78 is 0. The van der Waals surface area contributed by atoms with Crippen LogP contribution in [0.2, 0.25) is 0 Å². The average molecular weight is 201 g/mol. The molecule has 0 aromatic carbocycles. The summed E-state index contributed by atoms with van der Waals surface area (Å²) in [6, 6.07) is 0.592. The second-order valence-corrected chi connectivity index (χ2v) is 4.24. The number of rotatable bonds is 8. The zero-order valence-corrected chi connectivity index (χ0v) is 10.5. The summed E-state index contributed by atoms with van der Waals surface area (Å²) in [6.45, 7) is 9.16. The van der Waals surface area contributed by atoms with Gasteiger partial charge >= 0.3 is 0 Å². The average Bonchev–Trinajstić information content (AvgIpc) is 2.15. The Kier molecular flexibility index (Phi) is 8.14. The van der Waals surface area contributed by atoms with Crippen LogP contribution >= 0.6 is 0 Å². The Labute approximate surface area is 89.5 Å². The van der Waals surface area contributed by atoms with Crippen LogP contribution in [0.4, 0.5) is 0 Å². The Balaban J connectivity index is 3.57. The van der Waals surface area contributed by atoms with Gasteiger partial charge in [0.05, 0.1) is 0 Å². The first kappa shape index (κ1) is 13.9. The second kappa shape index (κ2) is 8.21. The highest BCUT2D eigenvalue weighted by Gasteiger charge is 2.06. The molecule has 0 aliphatic rings. The van der Waals surface area contributed by atoms with Gasteiger partial charge < -0.3 is 15.1 Å². The highest BCUT2D eigenvalue weighted by atomic mass is 15.1. The van der Waals surface area contributed by atoms with Crippen molar-refractivity contribution < 1.29 is 0 Å². The van der Waals surface area contributed by atoms with E-state index in [4.69, 9.17) is 0 Å². The second-order valence-electron chi connectivity index (χ2n) is 4.24. The van der Waals surface area contributed by atoms with Crippen molar-refractivity contribution in [3.05, 3.63) is 0 Å². The largest absolute Gasteiger partial charge is 0.316 e. The molecule has 1 N–H and O–H groups in total. The Morgan fingerprint density at radius 1 is 1.21 bits per heavy atom. The summed E-state index contributed by atoms with van der Waals surface area (Å²) in [4.78, 5) is 4.75. The lowest BCUT2D eigenvalue weighted by Crippen LogP contribution is -2.38. The first-order chi connectivity index (χ1) is 6.60. The fourth-order valence-corrected chi connectivity index (χ4v) is 1.47. The first-order valence-corrected chi connectivity index (χ1v) is 5.64. The third-order valence-electron chi connectivity index (χ3n) is 2.55. The molecule has 0 aliphatic carbocycles. The van der Waals surface area contributed by atoms with Crippen molar-refractivity contribution in [2.75, 3.05) is 47.3 Å². The molecule has 0 aliphatic heterocycles.